The summed E-state index contributed by atoms with van der Waals surface area (Å²) in [6.45, 7) is -1.43. The third kappa shape index (κ3) is 6.17. The molecule has 0 atom stereocenters. The molecule has 0 saturated heterocycles. The fourth-order valence-electron chi connectivity index (χ4n) is 2.73. The van der Waals surface area contributed by atoms with Gasteiger partial charge in [-0.1, -0.05) is 6.07 Å². The van der Waals surface area contributed by atoms with Gasteiger partial charge in [0, 0.05) is 12.1 Å². The number of nitrogens with zero attached hydrogens (tertiary/aromatic N) is 3. The third-order valence-corrected chi connectivity index (χ3v) is 4.16. The molecule has 11 heteroatoms. The number of benzene rings is 2. The lowest BCUT2D eigenvalue weighted by Crippen LogP contribution is -2.19. The second-order valence-electron chi connectivity index (χ2n) is 6.44. The third-order valence-electron chi connectivity index (χ3n) is 4.16. The molecule has 0 fully saturated rings. The van der Waals surface area contributed by atoms with Crippen molar-refractivity contribution in [3.8, 4) is 17.2 Å². The van der Waals surface area contributed by atoms with E-state index in [0.29, 0.717) is 12.0 Å². The number of aryl methyl sites for hydroxylation is 1. The number of carbonyl (C=O) groups excluding carboxylic acids is 1. The molecule has 0 saturated carbocycles. The number of aromatic nitrogens is 3. The zero-order valence-electron chi connectivity index (χ0n) is 16.3. The highest BCUT2D eigenvalue weighted by Gasteiger charge is 2.29. The molecule has 0 spiro atoms. The Labute approximate surface area is 174 Å². The molecule has 7 nitrogen and oxygen atoms in total. The van der Waals surface area contributed by atoms with Gasteiger partial charge in [0.1, 0.15) is 18.3 Å². The van der Waals surface area contributed by atoms with Crippen molar-refractivity contribution >= 4 is 11.6 Å². The van der Waals surface area contributed by atoms with E-state index < -0.39 is 18.6 Å². The van der Waals surface area contributed by atoms with E-state index in [-0.39, 0.29) is 35.2 Å². The van der Waals surface area contributed by atoms with Gasteiger partial charge in [-0.3, -0.25) is 4.79 Å². The van der Waals surface area contributed by atoms with Crippen LogP contribution in [0.2, 0.25) is 0 Å². The van der Waals surface area contributed by atoms with Crippen LogP contribution in [0.25, 0.3) is 5.69 Å². The van der Waals surface area contributed by atoms with Crippen LogP contribution in [0.1, 0.15) is 12.0 Å². The van der Waals surface area contributed by atoms with Crippen molar-refractivity contribution in [2.24, 2.45) is 0 Å². The average Bonchev–Trinajstić information content (AvgIpc) is 3.25. The average molecular weight is 438 g/mol. The Bertz CT molecular complexity index is 1040. The molecule has 0 radical (unpaired) electrons. The number of amides is 1. The van der Waals surface area contributed by atoms with E-state index in [9.17, 15) is 22.4 Å². The first-order valence-electron chi connectivity index (χ1n) is 9.06. The van der Waals surface area contributed by atoms with Crippen molar-refractivity contribution in [2.75, 3.05) is 19.0 Å². The fourth-order valence-corrected chi connectivity index (χ4v) is 2.73. The van der Waals surface area contributed by atoms with Gasteiger partial charge in [-0.05, 0) is 42.3 Å². The summed E-state index contributed by atoms with van der Waals surface area (Å²) >= 11 is 0. The van der Waals surface area contributed by atoms with Crippen LogP contribution in [0.3, 0.4) is 0 Å². The van der Waals surface area contributed by atoms with Crippen LogP contribution in [0.5, 0.6) is 11.5 Å². The quantitative estimate of drug-likeness (QED) is 0.540. The largest absolute Gasteiger partial charge is 0.493 e. The summed E-state index contributed by atoms with van der Waals surface area (Å²) in [4.78, 5) is 16.0. The molecule has 31 heavy (non-hydrogen) atoms. The molecule has 3 rings (SSSR count). The molecular weight excluding hydrogens is 420 g/mol. The number of alkyl halides is 3. The number of rotatable bonds is 8. The minimum atomic E-state index is -4.46. The van der Waals surface area contributed by atoms with Crippen LogP contribution in [0.15, 0.2) is 49.1 Å². The maximum absolute atomic E-state index is 14.2. The molecule has 1 aromatic heterocycles. The summed E-state index contributed by atoms with van der Waals surface area (Å²) in [7, 11) is 1.31. The summed E-state index contributed by atoms with van der Waals surface area (Å²) in [5, 5.41) is 6.45. The second kappa shape index (κ2) is 9.45. The van der Waals surface area contributed by atoms with Crippen molar-refractivity contribution in [3.63, 3.8) is 0 Å². The lowest BCUT2D eigenvalue weighted by atomic mass is 10.1. The van der Waals surface area contributed by atoms with Crippen molar-refractivity contribution in [1.82, 2.24) is 14.8 Å². The van der Waals surface area contributed by atoms with E-state index in [1.54, 1.807) is 6.07 Å². The summed E-state index contributed by atoms with van der Waals surface area (Å²) < 4.78 is 62.3. The van der Waals surface area contributed by atoms with Crippen LogP contribution < -0.4 is 14.8 Å². The van der Waals surface area contributed by atoms with Crippen LogP contribution in [0, 0.1) is 5.82 Å². The van der Waals surface area contributed by atoms with E-state index in [2.05, 4.69) is 15.4 Å². The Hall–Kier alpha value is -3.63. The van der Waals surface area contributed by atoms with Crippen LogP contribution in [-0.2, 0) is 11.2 Å². The van der Waals surface area contributed by atoms with Crippen LogP contribution >= 0.6 is 0 Å². The molecule has 0 aliphatic rings. The van der Waals surface area contributed by atoms with Gasteiger partial charge in [0.05, 0.1) is 7.11 Å². The van der Waals surface area contributed by atoms with Gasteiger partial charge in [0.25, 0.3) is 0 Å². The first-order chi connectivity index (χ1) is 14.7. The van der Waals surface area contributed by atoms with Crippen molar-refractivity contribution in [1.29, 1.82) is 0 Å². The number of halogens is 4. The minimum Gasteiger partial charge on any atom is -0.493 e. The zero-order valence-corrected chi connectivity index (χ0v) is 16.3. The maximum Gasteiger partial charge on any atom is 0.422 e. The van der Waals surface area contributed by atoms with Gasteiger partial charge in [0.15, 0.2) is 23.9 Å². The number of hydrogen-bond donors (Lipinski definition) is 1. The zero-order chi connectivity index (χ0) is 22.4. The molecular formula is C20H18F4N4O3. The van der Waals surface area contributed by atoms with E-state index in [4.69, 9.17) is 9.47 Å². The van der Waals surface area contributed by atoms with Crippen LogP contribution in [0.4, 0.5) is 23.2 Å². The molecule has 0 bridgehead atoms. The molecule has 0 unspecified atom stereocenters. The predicted molar refractivity (Wildman–Crippen MR) is 103 cm³/mol. The monoisotopic (exact) mass is 438 g/mol. The van der Waals surface area contributed by atoms with Gasteiger partial charge < -0.3 is 14.8 Å². The topological polar surface area (TPSA) is 78.3 Å². The van der Waals surface area contributed by atoms with Gasteiger partial charge in [-0.2, -0.15) is 18.3 Å². The van der Waals surface area contributed by atoms with Gasteiger partial charge in [-0.25, -0.2) is 14.1 Å². The fraction of sp³-hybridized carbons (Fsp3) is 0.250. The van der Waals surface area contributed by atoms with E-state index in [0.717, 1.165) is 0 Å². The molecule has 1 heterocycles. The number of methoxy groups -OCH3 is 1. The van der Waals surface area contributed by atoms with Crippen LogP contribution in [-0.4, -0.2) is 40.6 Å². The lowest BCUT2D eigenvalue weighted by molar-refractivity contribution is -0.153. The van der Waals surface area contributed by atoms with Crippen molar-refractivity contribution in [2.45, 2.75) is 19.0 Å². The molecule has 2 aromatic carbocycles. The predicted octanol–water partition coefficient (Wildman–Crippen LogP) is 3.93. The summed E-state index contributed by atoms with van der Waals surface area (Å²) in [5.74, 6) is -0.851. The molecule has 0 aliphatic carbocycles. The number of hydrogen-bond acceptors (Lipinski definition) is 5. The smallest absolute Gasteiger partial charge is 0.422 e. The minimum absolute atomic E-state index is 0.0454. The van der Waals surface area contributed by atoms with E-state index in [1.807, 2.05) is 0 Å². The Kier molecular flexibility index (Phi) is 6.73. The Balaban J connectivity index is 1.57. The van der Waals surface area contributed by atoms with Crippen molar-refractivity contribution < 1.29 is 31.8 Å². The number of ether oxygens (including phenoxy) is 2. The molecule has 1 amide bonds. The standard InChI is InChI=1S/C20H18F4N4O3/c1-30-18-8-13(2-6-17(18)31-10-20(22,23)24)3-7-19(29)27-14-4-5-16(15(21)9-14)28-12-25-11-26-28/h2,4-6,8-9,11-12H,3,7,10H2,1H3,(H,27,29). The summed E-state index contributed by atoms with van der Waals surface area (Å²) in [5.41, 5.74) is 1.13. The van der Waals surface area contributed by atoms with E-state index in [1.165, 1.54) is 54.8 Å². The molecule has 3 aromatic rings. The number of carbonyl (C=O) groups is 1. The molecule has 1 N–H and O–H groups in total. The first kappa shape index (κ1) is 22.1. The maximum atomic E-state index is 14.2. The van der Waals surface area contributed by atoms with Gasteiger partial charge in [0.2, 0.25) is 5.91 Å². The normalized spacial score (nSPS) is 11.3. The lowest BCUT2D eigenvalue weighted by Gasteiger charge is -2.13. The SMILES string of the molecule is COc1cc(CCC(=O)Nc2ccc(-n3cncn3)c(F)c2)ccc1OCC(F)(F)F. The number of nitrogens with one attached hydrogen (secondary N) is 1. The summed E-state index contributed by atoms with van der Waals surface area (Å²) in [6.07, 6.45) is -1.47. The molecule has 164 valence electrons. The van der Waals surface area contributed by atoms with Gasteiger partial charge >= 0.3 is 6.18 Å². The highest BCUT2D eigenvalue weighted by Crippen LogP contribution is 2.30. The highest BCUT2D eigenvalue weighted by molar-refractivity contribution is 5.90. The summed E-state index contributed by atoms with van der Waals surface area (Å²) in [6, 6.07) is 8.58. The first-order valence-corrected chi connectivity index (χ1v) is 9.06. The van der Waals surface area contributed by atoms with Gasteiger partial charge in [-0.15, -0.1) is 0 Å². The van der Waals surface area contributed by atoms with E-state index >= 15 is 0 Å². The molecule has 0 aliphatic heterocycles. The Morgan fingerprint density at radius 1 is 1.16 bits per heavy atom. The highest BCUT2D eigenvalue weighted by atomic mass is 19.4. The number of anilines is 1. The van der Waals surface area contributed by atoms with Crippen molar-refractivity contribution in [3.05, 3.63) is 60.4 Å². The Morgan fingerprint density at radius 2 is 1.97 bits per heavy atom. The Morgan fingerprint density at radius 3 is 2.61 bits per heavy atom. The second-order valence-corrected chi connectivity index (χ2v) is 6.44.